The number of carbonyl (C=O) groups is 1. The van der Waals surface area contributed by atoms with Gasteiger partial charge in [0.05, 0.1) is 6.20 Å². The van der Waals surface area contributed by atoms with Crippen molar-refractivity contribution in [2.24, 2.45) is 0 Å². The lowest BCUT2D eigenvalue weighted by molar-refractivity contribution is 0.103. The molecule has 128 valence electrons. The van der Waals surface area contributed by atoms with Gasteiger partial charge in [0.25, 0.3) is 5.91 Å². The Bertz CT molecular complexity index is 703. The number of rotatable bonds is 4. The van der Waals surface area contributed by atoms with Gasteiger partial charge in [0.15, 0.2) is 5.13 Å². The second kappa shape index (κ2) is 7.26. The summed E-state index contributed by atoms with van der Waals surface area (Å²) in [6, 6.07) is 0. The van der Waals surface area contributed by atoms with E-state index in [0.717, 1.165) is 50.4 Å². The molecule has 2 aliphatic rings. The first kappa shape index (κ1) is 16.1. The summed E-state index contributed by atoms with van der Waals surface area (Å²) in [6.45, 7) is 2.89. The second-order valence-corrected chi connectivity index (χ2v) is 8.24. The summed E-state index contributed by atoms with van der Waals surface area (Å²) in [6.07, 6.45) is 7.91. The van der Waals surface area contributed by atoms with Crippen LogP contribution >= 0.6 is 22.7 Å². The molecule has 24 heavy (non-hydrogen) atoms. The Labute approximate surface area is 148 Å². The molecule has 1 unspecified atom stereocenters. The molecule has 0 radical (unpaired) electrons. The van der Waals surface area contributed by atoms with Crippen LogP contribution in [0.15, 0.2) is 12.4 Å². The van der Waals surface area contributed by atoms with E-state index in [1.54, 1.807) is 17.5 Å². The van der Waals surface area contributed by atoms with Crippen molar-refractivity contribution < 1.29 is 9.53 Å². The van der Waals surface area contributed by atoms with Crippen molar-refractivity contribution in [1.82, 2.24) is 15.3 Å². The quantitative estimate of drug-likeness (QED) is 0.871. The molecule has 2 aromatic rings. The molecule has 1 atom stereocenters. The van der Waals surface area contributed by atoms with Crippen LogP contribution in [0.25, 0.3) is 0 Å². The first-order valence-corrected chi connectivity index (χ1v) is 9.98. The summed E-state index contributed by atoms with van der Waals surface area (Å²) in [7, 11) is 0. The van der Waals surface area contributed by atoms with Gasteiger partial charge in [0, 0.05) is 17.7 Å². The number of carbonyl (C=O) groups excluding carboxylic acids is 1. The third kappa shape index (κ3) is 3.51. The van der Waals surface area contributed by atoms with Gasteiger partial charge in [-0.25, -0.2) is 9.97 Å². The molecule has 0 aliphatic carbocycles. The minimum absolute atomic E-state index is 0.0583. The van der Waals surface area contributed by atoms with E-state index in [1.807, 2.05) is 6.20 Å². The van der Waals surface area contributed by atoms with E-state index in [2.05, 4.69) is 20.6 Å². The Hall–Kier alpha value is -1.35. The largest absolute Gasteiger partial charge is 0.371 e. The highest BCUT2D eigenvalue weighted by atomic mass is 32.1. The molecule has 8 heteroatoms. The Morgan fingerprint density at radius 2 is 2.08 bits per heavy atom. The van der Waals surface area contributed by atoms with Crippen LogP contribution < -0.4 is 10.6 Å². The molecule has 2 fully saturated rings. The number of hydrogen-bond donors (Lipinski definition) is 2. The second-order valence-electron chi connectivity index (χ2n) is 6.11. The van der Waals surface area contributed by atoms with Crippen molar-refractivity contribution in [2.45, 2.75) is 37.7 Å². The molecule has 6 nitrogen and oxygen atoms in total. The summed E-state index contributed by atoms with van der Waals surface area (Å²) in [5.74, 6) is 0.423. The number of thiazole rings is 2. The fourth-order valence-electron chi connectivity index (χ4n) is 3.11. The lowest BCUT2D eigenvalue weighted by Crippen LogP contribution is -2.26. The van der Waals surface area contributed by atoms with Crippen LogP contribution in [0.3, 0.4) is 0 Å². The zero-order valence-corrected chi connectivity index (χ0v) is 14.9. The molecule has 2 aromatic heterocycles. The van der Waals surface area contributed by atoms with Crippen LogP contribution in [0.5, 0.6) is 0 Å². The van der Waals surface area contributed by atoms with E-state index in [1.165, 1.54) is 16.2 Å². The summed E-state index contributed by atoms with van der Waals surface area (Å²) >= 11 is 3.00. The monoisotopic (exact) mass is 364 g/mol. The van der Waals surface area contributed by atoms with Gasteiger partial charge >= 0.3 is 0 Å². The van der Waals surface area contributed by atoms with E-state index in [0.29, 0.717) is 15.9 Å². The van der Waals surface area contributed by atoms with Crippen molar-refractivity contribution >= 4 is 33.7 Å². The number of hydrogen-bond acceptors (Lipinski definition) is 7. The molecule has 1 amide bonds. The Kier molecular flexibility index (Phi) is 4.88. The number of piperidine rings is 1. The van der Waals surface area contributed by atoms with Gasteiger partial charge in [-0.3, -0.25) is 10.1 Å². The van der Waals surface area contributed by atoms with Crippen molar-refractivity contribution in [1.29, 1.82) is 0 Å². The minimum Gasteiger partial charge on any atom is -0.371 e. The smallest absolute Gasteiger partial charge is 0.269 e. The third-order valence-corrected chi connectivity index (χ3v) is 6.60. The van der Waals surface area contributed by atoms with Gasteiger partial charge in [-0.15, -0.1) is 22.7 Å². The lowest BCUT2D eigenvalue weighted by atomic mass is 9.97. The SMILES string of the molecule is O=C(Nc1ncc(C2CCNCC2)s1)c1cnc(C2CCCO2)s1. The van der Waals surface area contributed by atoms with E-state index in [9.17, 15) is 4.79 Å². The summed E-state index contributed by atoms with van der Waals surface area (Å²) in [5.41, 5.74) is 0. The number of nitrogens with zero attached hydrogens (tertiary/aromatic N) is 2. The van der Waals surface area contributed by atoms with Crippen LogP contribution in [0.2, 0.25) is 0 Å². The third-order valence-electron chi connectivity index (χ3n) is 4.44. The van der Waals surface area contributed by atoms with Gasteiger partial charge in [0.2, 0.25) is 0 Å². The highest BCUT2D eigenvalue weighted by Gasteiger charge is 2.23. The van der Waals surface area contributed by atoms with E-state index in [4.69, 9.17) is 4.74 Å². The molecular weight excluding hydrogens is 344 g/mol. The summed E-state index contributed by atoms with van der Waals surface area (Å²) in [5, 5.41) is 7.84. The zero-order valence-electron chi connectivity index (χ0n) is 13.3. The van der Waals surface area contributed by atoms with Crippen molar-refractivity contribution in [3.63, 3.8) is 0 Å². The van der Waals surface area contributed by atoms with Gasteiger partial charge in [0.1, 0.15) is 16.0 Å². The van der Waals surface area contributed by atoms with Gasteiger partial charge < -0.3 is 10.1 Å². The molecule has 0 aromatic carbocycles. The van der Waals surface area contributed by atoms with E-state index in [-0.39, 0.29) is 12.0 Å². The summed E-state index contributed by atoms with van der Waals surface area (Å²) < 4.78 is 5.62. The number of aromatic nitrogens is 2. The maximum atomic E-state index is 12.4. The average molecular weight is 364 g/mol. The van der Waals surface area contributed by atoms with Crippen molar-refractivity contribution in [3.8, 4) is 0 Å². The van der Waals surface area contributed by atoms with Gasteiger partial charge in [-0.1, -0.05) is 0 Å². The molecule has 4 heterocycles. The average Bonchev–Trinajstić information content (AvgIpc) is 3.36. The topological polar surface area (TPSA) is 76.1 Å². The molecule has 0 spiro atoms. The Morgan fingerprint density at radius 3 is 2.88 bits per heavy atom. The van der Waals surface area contributed by atoms with Gasteiger partial charge in [-0.05, 0) is 44.7 Å². The predicted octanol–water partition coefficient (Wildman–Crippen LogP) is 3.17. The van der Waals surface area contributed by atoms with Crippen LogP contribution in [0.4, 0.5) is 5.13 Å². The fourth-order valence-corrected chi connectivity index (χ4v) is 4.99. The van der Waals surface area contributed by atoms with Crippen molar-refractivity contribution in [2.75, 3.05) is 25.0 Å². The first-order chi connectivity index (χ1) is 11.8. The van der Waals surface area contributed by atoms with Crippen LogP contribution in [0.1, 0.15) is 57.3 Å². The van der Waals surface area contributed by atoms with Crippen molar-refractivity contribution in [3.05, 3.63) is 27.2 Å². The fraction of sp³-hybridized carbons (Fsp3) is 0.562. The standard InChI is InChI=1S/C16H20N4O2S2/c21-14(13-9-18-15(23-13)11-2-1-7-22-11)20-16-19-8-12(24-16)10-3-5-17-6-4-10/h8-11,17H,1-7H2,(H,19,20,21). The maximum Gasteiger partial charge on any atom is 0.269 e. The number of amides is 1. The highest BCUT2D eigenvalue weighted by molar-refractivity contribution is 7.16. The van der Waals surface area contributed by atoms with Crippen LogP contribution in [-0.4, -0.2) is 35.6 Å². The molecule has 0 bridgehead atoms. The Balaban J connectivity index is 1.39. The number of ether oxygens (including phenoxy) is 1. The Morgan fingerprint density at radius 1 is 1.21 bits per heavy atom. The molecule has 2 aliphatic heterocycles. The molecule has 4 rings (SSSR count). The number of nitrogens with one attached hydrogen (secondary N) is 2. The minimum atomic E-state index is -0.136. The first-order valence-electron chi connectivity index (χ1n) is 8.35. The molecular formula is C16H20N4O2S2. The maximum absolute atomic E-state index is 12.4. The predicted molar refractivity (Wildman–Crippen MR) is 95.0 cm³/mol. The van der Waals surface area contributed by atoms with Crippen LogP contribution in [0, 0.1) is 0 Å². The number of anilines is 1. The highest BCUT2D eigenvalue weighted by Crippen LogP contribution is 2.33. The lowest BCUT2D eigenvalue weighted by Gasteiger charge is -2.20. The molecule has 2 saturated heterocycles. The normalized spacial score (nSPS) is 21.9. The van der Waals surface area contributed by atoms with E-state index >= 15 is 0 Å². The zero-order chi connectivity index (χ0) is 16.4. The van der Waals surface area contributed by atoms with Crippen LogP contribution in [-0.2, 0) is 4.74 Å². The van der Waals surface area contributed by atoms with E-state index < -0.39 is 0 Å². The summed E-state index contributed by atoms with van der Waals surface area (Å²) in [4.78, 5) is 23.0. The van der Waals surface area contributed by atoms with Gasteiger partial charge in [-0.2, -0.15) is 0 Å². The molecule has 2 N–H and O–H groups in total. The molecule has 0 saturated carbocycles.